The van der Waals surface area contributed by atoms with Crippen molar-refractivity contribution in [3.05, 3.63) is 59.1 Å². The van der Waals surface area contributed by atoms with Crippen molar-refractivity contribution in [2.75, 3.05) is 36.4 Å². The van der Waals surface area contributed by atoms with E-state index in [-0.39, 0.29) is 23.3 Å². The predicted molar refractivity (Wildman–Crippen MR) is 125 cm³/mol. The number of rotatable bonds is 5. The summed E-state index contributed by atoms with van der Waals surface area (Å²) in [5.41, 5.74) is 2.68. The summed E-state index contributed by atoms with van der Waals surface area (Å²) in [4.78, 5) is 28.3. The van der Waals surface area contributed by atoms with Crippen LogP contribution in [-0.2, 0) is 16.0 Å². The number of carbonyl (C=O) groups is 2. The van der Waals surface area contributed by atoms with Crippen LogP contribution in [0.25, 0.3) is 0 Å². The van der Waals surface area contributed by atoms with Crippen LogP contribution in [0, 0.1) is 0 Å². The molecule has 8 heteroatoms. The highest BCUT2D eigenvalue weighted by Gasteiger charge is 2.21. The van der Waals surface area contributed by atoms with Gasteiger partial charge in [0, 0.05) is 37.6 Å². The summed E-state index contributed by atoms with van der Waals surface area (Å²) in [6.45, 7) is 4.78. The van der Waals surface area contributed by atoms with Gasteiger partial charge < -0.3 is 20.4 Å². The van der Waals surface area contributed by atoms with Crippen molar-refractivity contribution >= 4 is 52.1 Å². The lowest BCUT2D eigenvalue weighted by molar-refractivity contribution is -0.131. The van der Waals surface area contributed by atoms with Crippen LogP contribution in [0.2, 0.25) is 5.02 Å². The van der Waals surface area contributed by atoms with E-state index < -0.39 is 0 Å². The van der Waals surface area contributed by atoms with Crippen LogP contribution in [0.15, 0.2) is 48.5 Å². The maximum absolute atomic E-state index is 12.3. The van der Waals surface area contributed by atoms with Gasteiger partial charge in [-0.3, -0.25) is 9.59 Å². The quantitative estimate of drug-likeness (QED) is 0.691. The van der Waals surface area contributed by atoms with E-state index >= 15 is 0 Å². The van der Waals surface area contributed by atoms with Crippen molar-refractivity contribution in [1.82, 2.24) is 10.2 Å². The van der Waals surface area contributed by atoms with Crippen molar-refractivity contribution in [2.24, 2.45) is 0 Å². The molecule has 2 amide bonds. The number of piperazine rings is 1. The number of anilines is 2. The van der Waals surface area contributed by atoms with Crippen LogP contribution in [0.3, 0.4) is 0 Å². The molecule has 1 saturated heterocycles. The van der Waals surface area contributed by atoms with E-state index in [1.54, 1.807) is 12.1 Å². The van der Waals surface area contributed by atoms with Gasteiger partial charge in [-0.15, -0.1) is 0 Å². The lowest BCUT2D eigenvalue weighted by atomic mass is 10.1. The largest absolute Gasteiger partial charge is 0.366 e. The molecule has 6 nitrogen and oxygen atoms in total. The summed E-state index contributed by atoms with van der Waals surface area (Å²) >= 11 is 11.2. The van der Waals surface area contributed by atoms with Crippen LogP contribution >= 0.6 is 23.8 Å². The molecule has 30 heavy (non-hydrogen) atoms. The van der Waals surface area contributed by atoms with Gasteiger partial charge in [-0.25, -0.2) is 0 Å². The molecule has 0 saturated carbocycles. The summed E-state index contributed by atoms with van der Waals surface area (Å²) in [6.07, 6.45) is 0.746. The summed E-state index contributed by atoms with van der Waals surface area (Å²) < 4.78 is 0. The van der Waals surface area contributed by atoms with Crippen LogP contribution in [-0.4, -0.2) is 48.0 Å². The fraction of sp³-hybridized carbons (Fsp3) is 0.318. The van der Waals surface area contributed by atoms with Crippen molar-refractivity contribution in [2.45, 2.75) is 19.8 Å². The normalized spacial score (nSPS) is 13.7. The molecule has 158 valence electrons. The Bertz CT molecular complexity index is 912. The van der Waals surface area contributed by atoms with E-state index in [9.17, 15) is 9.59 Å². The lowest BCUT2D eigenvalue weighted by Crippen LogP contribution is -2.48. The zero-order valence-corrected chi connectivity index (χ0v) is 18.4. The molecule has 1 fully saturated rings. The van der Waals surface area contributed by atoms with E-state index in [0.29, 0.717) is 24.5 Å². The molecule has 3 rings (SSSR count). The minimum absolute atomic E-state index is 0.186. The van der Waals surface area contributed by atoms with Crippen LogP contribution in [0.1, 0.15) is 18.9 Å². The molecule has 2 N–H and O–H groups in total. The molecule has 0 unspecified atom stereocenters. The average Bonchev–Trinajstić information content (AvgIpc) is 2.75. The smallest absolute Gasteiger partial charge is 0.230 e. The second kappa shape index (κ2) is 10.4. The van der Waals surface area contributed by atoms with Crippen molar-refractivity contribution < 1.29 is 9.59 Å². The van der Waals surface area contributed by atoms with Crippen LogP contribution in [0.5, 0.6) is 0 Å². The predicted octanol–water partition coefficient (Wildman–Crippen LogP) is 3.45. The van der Waals surface area contributed by atoms with Gasteiger partial charge in [0.2, 0.25) is 11.8 Å². The van der Waals surface area contributed by atoms with E-state index in [1.165, 1.54) is 0 Å². The van der Waals surface area contributed by atoms with E-state index in [0.717, 1.165) is 30.0 Å². The van der Waals surface area contributed by atoms with Crippen molar-refractivity contribution in [3.8, 4) is 0 Å². The Morgan fingerprint density at radius 2 is 1.70 bits per heavy atom. The first-order chi connectivity index (χ1) is 14.5. The first-order valence-corrected chi connectivity index (χ1v) is 10.7. The summed E-state index contributed by atoms with van der Waals surface area (Å²) in [5, 5.41) is 6.75. The molecule has 0 aliphatic carbocycles. The fourth-order valence-corrected chi connectivity index (χ4v) is 3.74. The Balaban J connectivity index is 1.58. The van der Waals surface area contributed by atoms with E-state index in [4.69, 9.17) is 23.8 Å². The number of thiocarbonyl (C=S) groups is 1. The minimum Gasteiger partial charge on any atom is -0.366 e. The molecule has 1 aliphatic heterocycles. The first-order valence-electron chi connectivity index (χ1n) is 9.93. The highest BCUT2D eigenvalue weighted by atomic mass is 35.5. The lowest BCUT2D eigenvalue weighted by Gasteiger charge is -2.37. The number of halogens is 1. The van der Waals surface area contributed by atoms with Crippen LogP contribution in [0.4, 0.5) is 11.4 Å². The molecule has 0 radical (unpaired) electrons. The molecule has 1 heterocycles. The second-order valence-corrected chi connectivity index (χ2v) is 7.89. The van der Waals surface area contributed by atoms with Gasteiger partial charge in [0.1, 0.15) is 0 Å². The maximum atomic E-state index is 12.3. The SMILES string of the molecule is CCC(=O)N1CCN(c2ccccc2NC(=S)NC(=O)Cc2ccc(Cl)cc2)CC1. The monoisotopic (exact) mass is 444 g/mol. The third kappa shape index (κ3) is 5.93. The third-order valence-corrected chi connectivity index (χ3v) is 5.41. The van der Waals surface area contributed by atoms with Gasteiger partial charge >= 0.3 is 0 Å². The number of nitrogens with zero attached hydrogens (tertiary/aromatic N) is 2. The second-order valence-electron chi connectivity index (χ2n) is 7.04. The zero-order chi connectivity index (χ0) is 21.5. The van der Waals surface area contributed by atoms with Gasteiger partial charge in [0.05, 0.1) is 17.8 Å². The summed E-state index contributed by atoms with van der Waals surface area (Å²) in [7, 11) is 0. The Morgan fingerprint density at radius 3 is 2.37 bits per heavy atom. The van der Waals surface area contributed by atoms with Crippen molar-refractivity contribution in [1.29, 1.82) is 0 Å². The first kappa shape index (κ1) is 22.1. The number of benzene rings is 2. The zero-order valence-electron chi connectivity index (χ0n) is 16.9. The molecule has 0 aromatic heterocycles. The van der Waals surface area contributed by atoms with Gasteiger partial charge in [-0.1, -0.05) is 42.8 Å². The van der Waals surface area contributed by atoms with Crippen molar-refractivity contribution in [3.63, 3.8) is 0 Å². The number of nitrogens with one attached hydrogen (secondary N) is 2. The highest BCUT2D eigenvalue weighted by molar-refractivity contribution is 7.80. The number of hydrogen-bond donors (Lipinski definition) is 2. The fourth-order valence-electron chi connectivity index (χ4n) is 3.39. The molecule has 2 aromatic carbocycles. The van der Waals surface area contributed by atoms with Gasteiger partial charge in [0.25, 0.3) is 0 Å². The highest BCUT2D eigenvalue weighted by Crippen LogP contribution is 2.26. The molecule has 2 aromatic rings. The van der Waals surface area contributed by atoms with E-state index in [2.05, 4.69) is 15.5 Å². The summed E-state index contributed by atoms with van der Waals surface area (Å²) in [5.74, 6) is -0.00960. The molecule has 0 atom stereocenters. The van der Waals surface area contributed by atoms with Gasteiger partial charge in [0.15, 0.2) is 5.11 Å². The van der Waals surface area contributed by atoms with Gasteiger partial charge in [-0.2, -0.15) is 0 Å². The average molecular weight is 445 g/mol. The Kier molecular flexibility index (Phi) is 7.65. The maximum Gasteiger partial charge on any atom is 0.230 e. The Labute approximate surface area is 187 Å². The standard InChI is InChI=1S/C22H25ClN4O2S/c1-2-21(29)27-13-11-26(12-14-27)19-6-4-3-5-18(19)24-22(30)25-20(28)15-16-7-9-17(23)10-8-16/h3-10H,2,11-15H2,1H3,(H2,24,25,28,30). The Hall–Kier alpha value is -2.64. The molecule has 0 bridgehead atoms. The number of para-hydroxylation sites is 2. The molecular formula is C22H25ClN4O2S. The van der Waals surface area contributed by atoms with E-state index in [1.807, 2.05) is 48.2 Å². The topological polar surface area (TPSA) is 64.7 Å². The van der Waals surface area contributed by atoms with Gasteiger partial charge in [-0.05, 0) is 42.0 Å². The molecule has 1 aliphatic rings. The Morgan fingerprint density at radius 1 is 1.03 bits per heavy atom. The molecular weight excluding hydrogens is 420 g/mol. The number of hydrogen-bond acceptors (Lipinski definition) is 4. The number of carbonyl (C=O) groups excluding carboxylic acids is 2. The number of amides is 2. The third-order valence-electron chi connectivity index (χ3n) is 4.96. The summed E-state index contributed by atoms with van der Waals surface area (Å²) in [6, 6.07) is 15.0. The van der Waals surface area contributed by atoms with Crippen LogP contribution < -0.4 is 15.5 Å². The molecule has 0 spiro atoms. The minimum atomic E-state index is -0.195.